The topological polar surface area (TPSA) is 27.6 Å². The molecule has 1 heterocycles. The number of likely N-dealkylation sites (N-methyl/N-ethyl adjacent to an activating group) is 1. The number of nitrogens with zero attached hydrogens (tertiary/aromatic N) is 2. The smallest absolute Gasteiger partial charge is 0.364 e. The van der Waals surface area contributed by atoms with Crippen molar-refractivity contribution in [1.82, 2.24) is 10.3 Å². The third-order valence-electron chi connectivity index (χ3n) is 3.06. The maximum atomic E-state index is 12.6. The molecule has 0 amide bonds. The normalized spacial score (nSPS) is 18.7. The molecule has 0 aromatic rings. The Balaban J connectivity index is 2.81. The molecule has 0 aliphatic carbocycles. The first-order chi connectivity index (χ1) is 9.65. The van der Waals surface area contributed by atoms with Crippen molar-refractivity contribution in [3.63, 3.8) is 0 Å². The minimum Gasteiger partial charge on any atom is -0.364 e. The second-order valence-corrected chi connectivity index (χ2v) is 5.19. The number of allylic oxidation sites excluding steroid dienone is 2. The number of hydrogen-bond donors (Lipinski definition) is 1. The maximum Gasteiger partial charge on any atom is 0.410 e. The van der Waals surface area contributed by atoms with Crippen molar-refractivity contribution in [3.05, 3.63) is 41.8 Å². The zero-order valence-corrected chi connectivity index (χ0v) is 12.5. The summed E-state index contributed by atoms with van der Waals surface area (Å²) >= 11 is 0. The standard InChI is InChI=1S/C15H20F3N3/c1-6-12(21(5)9-10(2)3)7-11(4)13-8-14(20-19-13)15(16,17)18/h7,14,20H,1-2,8-9H2,3-5H3/b11-7+. The molecular formula is C15H20F3N3. The first kappa shape index (κ1) is 17.1. The molecular weight excluding hydrogens is 279 g/mol. The van der Waals surface area contributed by atoms with Crippen molar-refractivity contribution in [2.24, 2.45) is 5.10 Å². The molecule has 21 heavy (non-hydrogen) atoms. The predicted octanol–water partition coefficient (Wildman–Crippen LogP) is 3.39. The minimum absolute atomic E-state index is 0.166. The van der Waals surface area contributed by atoms with Gasteiger partial charge in [-0.2, -0.15) is 18.3 Å². The van der Waals surface area contributed by atoms with Gasteiger partial charge in [-0.3, -0.25) is 5.43 Å². The Kier molecular flexibility index (Phi) is 5.44. The molecule has 0 spiro atoms. The molecule has 6 heteroatoms. The average molecular weight is 299 g/mol. The van der Waals surface area contributed by atoms with E-state index in [2.05, 4.69) is 29.4 Å². The van der Waals surface area contributed by atoms with E-state index in [9.17, 15) is 13.2 Å². The van der Waals surface area contributed by atoms with Crippen LogP contribution < -0.4 is 5.43 Å². The van der Waals surface area contributed by atoms with E-state index in [1.54, 1.807) is 13.0 Å². The van der Waals surface area contributed by atoms with E-state index >= 15 is 0 Å². The van der Waals surface area contributed by atoms with Crippen molar-refractivity contribution >= 4 is 5.71 Å². The van der Waals surface area contributed by atoms with Crippen LogP contribution in [0.15, 0.2) is 46.9 Å². The number of alkyl halides is 3. The van der Waals surface area contributed by atoms with Gasteiger partial charge in [-0.25, -0.2) is 0 Å². The quantitative estimate of drug-likeness (QED) is 0.479. The Bertz CT molecular complexity index is 523. The largest absolute Gasteiger partial charge is 0.410 e. The van der Waals surface area contributed by atoms with Gasteiger partial charge in [0.2, 0.25) is 0 Å². The van der Waals surface area contributed by atoms with Crippen LogP contribution in [-0.4, -0.2) is 36.4 Å². The van der Waals surface area contributed by atoms with E-state index in [1.807, 2.05) is 18.9 Å². The molecule has 0 bridgehead atoms. The highest BCUT2D eigenvalue weighted by molar-refractivity contribution is 6.01. The number of rotatable bonds is 5. The molecule has 0 saturated heterocycles. The Labute approximate surface area is 123 Å². The highest BCUT2D eigenvalue weighted by atomic mass is 19.4. The van der Waals surface area contributed by atoms with E-state index in [0.717, 1.165) is 5.57 Å². The van der Waals surface area contributed by atoms with E-state index in [1.165, 1.54) is 0 Å². The van der Waals surface area contributed by atoms with Gasteiger partial charge < -0.3 is 4.90 Å². The zero-order chi connectivity index (χ0) is 16.2. The van der Waals surface area contributed by atoms with Gasteiger partial charge in [-0.05, 0) is 25.5 Å². The fraction of sp³-hybridized carbons (Fsp3) is 0.467. The van der Waals surface area contributed by atoms with Crippen LogP contribution in [0.3, 0.4) is 0 Å². The monoisotopic (exact) mass is 299 g/mol. The van der Waals surface area contributed by atoms with Crippen LogP contribution in [0, 0.1) is 0 Å². The summed E-state index contributed by atoms with van der Waals surface area (Å²) in [6.45, 7) is 11.7. The summed E-state index contributed by atoms with van der Waals surface area (Å²) in [7, 11) is 1.85. The van der Waals surface area contributed by atoms with Gasteiger partial charge in [-0.15, -0.1) is 5.73 Å². The number of halogens is 3. The lowest BCUT2D eigenvalue weighted by Crippen LogP contribution is -2.36. The summed E-state index contributed by atoms with van der Waals surface area (Å²) in [5, 5.41) is 3.77. The maximum absolute atomic E-state index is 12.6. The van der Waals surface area contributed by atoms with Gasteiger partial charge >= 0.3 is 6.18 Å². The highest BCUT2D eigenvalue weighted by Crippen LogP contribution is 2.27. The molecule has 0 saturated carbocycles. The van der Waals surface area contributed by atoms with Crippen LogP contribution in [0.4, 0.5) is 13.2 Å². The van der Waals surface area contributed by atoms with Crippen molar-refractivity contribution in [3.8, 4) is 0 Å². The average Bonchev–Trinajstić information content (AvgIpc) is 2.83. The molecule has 1 unspecified atom stereocenters. The van der Waals surface area contributed by atoms with Gasteiger partial charge in [0.15, 0.2) is 0 Å². The van der Waals surface area contributed by atoms with Crippen molar-refractivity contribution < 1.29 is 13.2 Å². The Hall–Kier alpha value is -1.94. The number of hydrazone groups is 1. The lowest BCUT2D eigenvalue weighted by atomic mass is 10.0. The fourth-order valence-electron chi connectivity index (χ4n) is 1.95. The highest BCUT2D eigenvalue weighted by Gasteiger charge is 2.42. The zero-order valence-electron chi connectivity index (χ0n) is 12.5. The van der Waals surface area contributed by atoms with Crippen molar-refractivity contribution in [2.75, 3.05) is 13.6 Å². The van der Waals surface area contributed by atoms with E-state index in [-0.39, 0.29) is 6.42 Å². The summed E-state index contributed by atoms with van der Waals surface area (Å²) < 4.78 is 37.8. The molecule has 0 fully saturated rings. The summed E-state index contributed by atoms with van der Waals surface area (Å²) in [4.78, 5) is 1.88. The summed E-state index contributed by atoms with van der Waals surface area (Å²) in [5.74, 6) is 0. The molecule has 1 rings (SSSR count). The van der Waals surface area contributed by atoms with E-state index in [4.69, 9.17) is 0 Å². The van der Waals surface area contributed by atoms with Gasteiger partial charge in [0.25, 0.3) is 0 Å². The van der Waals surface area contributed by atoms with Crippen LogP contribution in [0.1, 0.15) is 20.3 Å². The Morgan fingerprint density at radius 2 is 2.14 bits per heavy atom. The second-order valence-electron chi connectivity index (χ2n) is 5.19. The molecule has 116 valence electrons. The van der Waals surface area contributed by atoms with E-state index < -0.39 is 12.2 Å². The Morgan fingerprint density at radius 1 is 1.52 bits per heavy atom. The van der Waals surface area contributed by atoms with Crippen LogP contribution in [0.2, 0.25) is 0 Å². The van der Waals surface area contributed by atoms with Crippen LogP contribution in [0.25, 0.3) is 0 Å². The minimum atomic E-state index is -4.29. The SMILES string of the molecule is C=C=C(/C=C(\C)C1=NNC(C(F)(F)F)C1)N(C)CC(=C)C. The number of hydrogen-bond acceptors (Lipinski definition) is 3. The molecule has 1 aliphatic rings. The van der Waals surface area contributed by atoms with Crippen molar-refractivity contribution in [1.29, 1.82) is 0 Å². The molecule has 1 N–H and O–H groups in total. The van der Waals surface area contributed by atoms with Crippen LogP contribution >= 0.6 is 0 Å². The van der Waals surface area contributed by atoms with Gasteiger partial charge in [0.1, 0.15) is 6.04 Å². The molecule has 0 aromatic heterocycles. The lowest BCUT2D eigenvalue weighted by molar-refractivity contribution is -0.151. The van der Waals surface area contributed by atoms with Crippen molar-refractivity contribution in [2.45, 2.75) is 32.5 Å². The number of nitrogens with one attached hydrogen (secondary N) is 1. The fourth-order valence-corrected chi connectivity index (χ4v) is 1.95. The second kappa shape index (κ2) is 6.68. The van der Waals surface area contributed by atoms with Gasteiger partial charge in [-0.1, -0.05) is 18.7 Å². The molecule has 3 nitrogen and oxygen atoms in total. The van der Waals surface area contributed by atoms with Crippen LogP contribution in [-0.2, 0) is 0 Å². The third kappa shape index (κ3) is 4.83. The first-order valence-corrected chi connectivity index (χ1v) is 6.48. The molecule has 1 aliphatic heterocycles. The first-order valence-electron chi connectivity index (χ1n) is 6.48. The molecule has 0 aromatic carbocycles. The third-order valence-corrected chi connectivity index (χ3v) is 3.06. The Morgan fingerprint density at radius 3 is 2.57 bits per heavy atom. The molecule has 1 atom stereocenters. The van der Waals surface area contributed by atoms with Crippen LogP contribution in [0.5, 0.6) is 0 Å². The lowest BCUT2D eigenvalue weighted by Gasteiger charge is -2.19. The summed E-state index contributed by atoms with van der Waals surface area (Å²) in [6, 6.07) is -1.61. The van der Waals surface area contributed by atoms with Gasteiger partial charge in [0, 0.05) is 20.0 Å². The summed E-state index contributed by atoms with van der Waals surface area (Å²) in [6.07, 6.45) is -2.73. The molecule has 0 radical (unpaired) electrons. The predicted molar refractivity (Wildman–Crippen MR) is 78.9 cm³/mol. The summed E-state index contributed by atoms with van der Waals surface area (Å²) in [5.41, 5.74) is 7.62. The van der Waals surface area contributed by atoms with Gasteiger partial charge in [0.05, 0.1) is 11.4 Å². The van der Waals surface area contributed by atoms with E-state index in [0.29, 0.717) is 23.5 Å².